The molecule has 4 aromatic rings. The van der Waals surface area contributed by atoms with E-state index in [1.165, 1.54) is 23.5 Å². The average Bonchev–Trinajstić information content (AvgIpc) is 3.34. The highest BCUT2D eigenvalue weighted by Crippen LogP contribution is 2.23. The smallest absolute Gasteiger partial charge is 0.406 e. The molecule has 0 aliphatic rings. The summed E-state index contributed by atoms with van der Waals surface area (Å²) in [6, 6.07) is 14.0. The third-order valence-corrected chi connectivity index (χ3v) is 6.24. The van der Waals surface area contributed by atoms with Crippen molar-refractivity contribution in [3.8, 4) is 5.75 Å². The highest BCUT2D eigenvalue weighted by atomic mass is 35.5. The van der Waals surface area contributed by atoms with Crippen LogP contribution in [0.4, 0.5) is 24.1 Å². The molecule has 0 aliphatic carbocycles. The predicted molar refractivity (Wildman–Crippen MR) is 155 cm³/mol. The number of hydrogen-bond acceptors (Lipinski definition) is 9. The van der Waals surface area contributed by atoms with Gasteiger partial charge in [-0.25, -0.2) is 0 Å². The Morgan fingerprint density at radius 1 is 0.810 bits per heavy atom. The number of carbonyl (C=O) groups excluding carboxylic acids is 2. The van der Waals surface area contributed by atoms with Crippen molar-refractivity contribution in [2.75, 3.05) is 10.6 Å². The second kappa shape index (κ2) is 16.5. The van der Waals surface area contributed by atoms with Crippen molar-refractivity contribution in [2.45, 2.75) is 44.9 Å². The number of hydrogen-bond donors (Lipinski definition) is 2. The molecule has 10 nitrogen and oxygen atoms in total. The highest BCUT2D eigenvalue weighted by Gasteiger charge is 2.31. The number of pyridine rings is 1. The third kappa shape index (κ3) is 11.9. The molecule has 42 heavy (non-hydrogen) atoms. The van der Waals surface area contributed by atoms with E-state index in [9.17, 15) is 22.8 Å². The summed E-state index contributed by atoms with van der Waals surface area (Å²) in [4.78, 5) is 28.5. The lowest BCUT2D eigenvalue weighted by Gasteiger charge is -2.10. The maximum absolute atomic E-state index is 12.4. The molecule has 16 heteroatoms. The van der Waals surface area contributed by atoms with Gasteiger partial charge in [0.25, 0.3) is 0 Å². The van der Waals surface area contributed by atoms with Crippen molar-refractivity contribution in [2.24, 2.45) is 0 Å². The van der Waals surface area contributed by atoms with E-state index in [1.54, 1.807) is 30.5 Å². The zero-order valence-corrected chi connectivity index (χ0v) is 24.3. The maximum Gasteiger partial charge on any atom is 0.573 e. The van der Waals surface area contributed by atoms with E-state index in [2.05, 4.69) is 40.7 Å². The quantitative estimate of drug-likeness (QED) is 0.196. The normalized spacial score (nSPS) is 10.6. The van der Waals surface area contributed by atoms with Crippen LogP contribution in [-0.2, 0) is 35.3 Å². The van der Waals surface area contributed by atoms with Crippen molar-refractivity contribution in [3.05, 3.63) is 82.8 Å². The van der Waals surface area contributed by atoms with Gasteiger partial charge >= 0.3 is 6.36 Å². The number of halogens is 5. The second-order valence-electron chi connectivity index (χ2n) is 8.58. The number of rotatable bonds is 12. The summed E-state index contributed by atoms with van der Waals surface area (Å²) in [7, 11) is 0. The van der Waals surface area contributed by atoms with Gasteiger partial charge < -0.3 is 15.4 Å². The first kappa shape index (κ1) is 34.3. The number of benzene rings is 1. The van der Waals surface area contributed by atoms with E-state index >= 15 is 0 Å². The number of aryl methyl sites for hydroxylation is 2. The molecule has 4 rings (SSSR count). The van der Waals surface area contributed by atoms with Gasteiger partial charge in [-0.15, -0.1) is 53.3 Å². The SMILES string of the molecule is Cl.Cl.O=C(Cc1cccc(OC(F)(F)F)c1)Nc1ccc(CCCCc2nnc(NC(=O)Cc3ccccn3)s2)nn1. The molecule has 3 heterocycles. The molecule has 3 aromatic heterocycles. The first-order valence-corrected chi connectivity index (χ1v) is 13.0. The van der Waals surface area contributed by atoms with Gasteiger partial charge in [-0.05, 0) is 61.2 Å². The number of aromatic nitrogens is 5. The maximum atomic E-state index is 12.4. The first-order chi connectivity index (χ1) is 19.2. The largest absolute Gasteiger partial charge is 0.573 e. The number of alkyl halides is 3. The van der Waals surface area contributed by atoms with Crippen LogP contribution in [0.5, 0.6) is 5.75 Å². The third-order valence-electron chi connectivity index (χ3n) is 5.34. The van der Waals surface area contributed by atoms with Crippen LogP contribution in [0.2, 0.25) is 0 Å². The zero-order valence-electron chi connectivity index (χ0n) is 21.8. The summed E-state index contributed by atoms with van der Waals surface area (Å²) >= 11 is 1.33. The average molecular weight is 645 g/mol. The molecule has 2 amide bonds. The summed E-state index contributed by atoms with van der Waals surface area (Å²) in [5.74, 6) is -0.806. The fourth-order valence-electron chi connectivity index (χ4n) is 3.60. The van der Waals surface area contributed by atoms with Crippen molar-refractivity contribution < 1.29 is 27.5 Å². The number of nitrogens with zero attached hydrogens (tertiary/aromatic N) is 5. The molecule has 0 unspecified atom stereocenters. The van der Waals surface area contributed by atoms with E-state index in [1.807, 2.05) is 6.07 Å². The lowest BCUT2D eigenvalue weighted by Crippen LogP contribution is -2.18. The fraction of sp³-hybridized carbons (Fsp3) is 0.269. The Morgan fingerprint density at radius 3 is 2.31 bits per heavy atom. The Hall–Kier alpha value is -3.88. The molecule has 0 bridgehead atoms. The van der Waals surface area contributed by atoms with Crippen molar-refractivity contribution >= 4 is 58.9 Å². The van der Waals surface area contributed by atoms with Crippen LogP contribution >= 0.6 is 36.2 Å². The Labute approximate surface area is 255 Å². The van der Waals surface area contributed by atoms with Gasteiger partial charge in [-0.2, -0.15) is 5.10 Å². The molecule has 0 atom stereocenters. The van der Waals surface area contributed by atoms with Gasteiger partial charge in [0.05, 0.1) is 18.5 Å². The predicted octanol–water partition coefficient (Wildman–Crippen LogP) is 5.39. The van der Waals surface area contributed by atoms with Gasteiger partial charge in [0.1, 0.15) is 10.8 Å². The summed E-state index contributed by atoms with van der Waals surface area (Å²) in [6.07, 6.45) is -0.152. The molecule has 0 radical (unpaired) electrons. The van der Waals surface area contributed by atoms with Gasteiger partial charge in [0.2, 0.25) is 16.9 Å². The molecular formula is C26H26Cl2F3N7O3S. The van der Waals surface area contributed by atoms with Crippen LogP contribution < -0.4 is 15.4 Å². The van der Waals surface area contributed by atoms with Gasteiger partial charge in [0, 0.05) is 18.3 Å². The van der Waals surface area contributed by atoms with E-state index in [4.69, 9.17) is 0 Å². The van der Waals surface area contributed by atoms with Crippen LogP contribution in [0, 0.1) is 0 Å². The minimum absolute atomic E-state index is 0. The minimum atomic E-state index is -4.81. The molecule has 0 aliphatic heterocycles. The summed E-state index contributed by atoms with van der Waals surface area (Å²) in [6.45, 7) is 0. The molecule has 0 saturated heterocycles. The number of anilines is 2. The topological polar surface area (TPSA) is 132 Å². The second-order valence-corrected chi connectivity index (χ2v) is 9.65. The summed E-state index contributed by atoms with van der Waals surface area (Å²) < 4.78 is 41.1. The number of unbranched alkanes of at least 4 members (excludes halogenated alkanes) is 1. The summed E-state index contributed by atoms with van der Waals surface area (Å²) in [5, 5.41) is 22.8. The molecule has 2 N–H and O–H groups in total. The molecule has 1 aromatic carbocycles. The van der Waals surface area contributed by atoms with Crippen LogP contribution in [-0.4, -0.2) is 43.6 Å². The standard InChI is InChI=1S/C26H24F3N7O3S.2ClH/c27-26(28,29)39-20-9-5-6-17(14-20)15-22(37)31-21-12-11-18(33-34-21)7-1-2-10-24-35-36-25(40-24)32-23(38)16-19-8-3-4-13-30-19;;/h3-6,8-9,11-14H,1-2,7,10,15-16H2,(H,31,34,37)(H,32,36,38);2*1H. The van der Waals surface area contributed by atoms with Crippen LogP contribution in [0.25, 0.3) is 0 Å². The van der Waals surface area contributed by atoms with Gasteiger partial charge in [0.15, 0.2) is 5.82 Å². The highest BCUT2D eigenvalue weighted by molar-refractivity contribution is 7.15. The Bertz CT molecular complexity index is 1430. The fourth-order valence-corrected chi connectivity index (χ4v) is 4.40. The monoisotopic (exact) mass is 643 g/mol. The molecule has 0 saturated carbocycles. The van der Waals surface area contributed by atoms with E-state index < -0.39 is 18.0 Å². The van der Waals surface area contributed by atoms with Crippen LogP contribution in [0.15, 0.2) is 60.8 Å². The number of ether oxygens (including phenoxy) is 1. The lowest BCUT2D eigenvalue weighted by atomic mass is 10.1. The van der Waals surface area contributed by atoms with Crippen molar-refractivity contribution in [1.29, 1.82) is 0 Å². The number of carbonyl (C=O) groups is 2. The molecule has 224 valence electrons. The Morgan fingerprint density at radius 2 is 1.60 bits per heavy atom. The molecule has 0 spiro atoms. The van der Waals surface area contributed by atoms with E-state index in [-0.39, 0.29) is 49.4 Å². The Kier molecular flexibility index (Phi) is 13.5. The first-order valence-electron chi connectivity index (χ1n) is 12.2. The zero-order chi connectivity index (χ0) is 28.4. The van der Waals surface area contributed by atoms with Crippen molar-refractivity contribution in [1.82, 2.24) is 25.4 Å². The summed E-state index contributed by atoms with van der Waals surface area (Å²) in [5.41, 5.74) is 1.78. The van der Waals surface area contributed by atoms with Crippen molar-refractivity contribution in [3.63, 3.8) is 0 Å². The van der Waals surface area contributed by atoms with E-state index in [0.29, 0.717) is 29.2 Å². The van der Waals surface area contributed by atoms with Gasteiger partial charge in [-0.3, -0.25) is 14.6 Å². The number of amides is 2. The lowest BCUT2D eigenvalue weighted by molar-refractivity contribution is -0.274. The Balaban J connectivity index is 0.00000308. The van der Waals surface area contributed by atoms with E-state index in [0.717, 1.165) is 35.7 Å². The van der Waals surface area contributed by atoms with Crippen LogP contribution in [0.3, 0.4) is 0 Å². The molecule has 0 fully saturated rings. The minimum Gasteiger partial charge on any atom is -0.406 e. The van der Waals surface area contributed by atoms with Crippen LogP contribution in [0.1, 0.15) is 34.8 Å². The molecular weight excluding hydrogens is 618 g/mol. The number of nitrogens with one attached hydrogen (secondary N) is 2. The van der Waals surface area contributed by atoms with Gasteiger partial charge in [-0.1, -0.05) is 29.5 Å².